The van der Waals surface area contributed by atoms with Crippen LogP contribution in [-0.2, 0) is 0 Å². The van der Waals surface area contributed by atoms with Gasteiger partial charge in [-0.05, 0) is 39.0 Å². The van der Waals surface area contributed by atoms with Crippen LogP contribution in [0.3, 0.4) is 0 Å². The largest absolute Gasteiger partial charge is 0.393 e. The van der Waals surface area contributed by atoms with Crippen molar-refractivity contribution in [2.75, 3.05) is 6.54 Å². The Morgan fingerprint density at radius 1 is 1.29 bits per heavy atom. The van der Waals surface area contributed by atoms with Crippen LogP contribution in [0.2, 0.25) is 0 Å². The first-order valence-electron chi connectivity index (χ1n) is 5.67. The summed E-state index contributed by atoms with van der Waals surface area (Å²) in [5, 5.41) is 22.5. The molecule has 0 aromatic heterocycles. The van der Waals surface area contributed by atoms with E-state index in [4.69, 9.17) is 0 Å². The summed E-state index contributed by atoms with van der Waals surface area (Å²) in [6.07, 6.45) is 4.52. The fourth-order valence-corrected chi connectivity index (χ4v) is 1.77. The van der Waals surface area contributed by atoms with Crippen molar-refractivity contribution in [2.24, 2.45) is 0 Å². The summed E-state index contributed by atoms with van der Waals surface area (Å²) in [4.78, 5) is 0. The number of hydrogen-bond donors (Lipinski definition) is 3. The first kappa shape index (κ1) is 12.0. The van der Waals surface area contributed by atoms with E-state index in [1.807, 2.05) is 13.8 Å². The van der Waals surface area contributed by atoms with Crippen molar-refractivity contribution in [3.8, 4) is 0 Å². The van der Waals surface area contributed by atoms with Crippen LogP contribution in [-0.4, -0.2) is 34.5 Å². The second kappa shape index (κ2) is 5.10. The maximum atomic E-state index is 9.79. The smallest absolute Gasteiger partial charge is 0.0741 e. The van der Waals surface area contributed by atoms with Crippen LogP contribution in [0.15, 0.2) is 0 Å². The molecule has 0 aromatic rings. The predicted molar refractivity (Wildman–Crippen MR) is 57.2 cm³/mol. The first-order chi connectivity index (χ1) is 6.53. The Morgan fingerprint density at radius 2 is 1.86 bits per heavy atom. The van der Waals surface area contributed by atoms with Crippen molar-refractivity contribution in [1.82, 2.24) is 5.32 Å². The van der Waals surface area contributed by atoms with Crippen molar-refractivity contribution in [2.45, 2.75) is 63.7 Å². The highest BCUT2D eigenvalue weighted by atomic mass is 16.3. The number of aliphatic hydroxyl groups is 2. The molecule has 3 N–H and O–H groups in total. The topological polar surface area (TPSA) is 52.5 Å². The van der Waals surface area contributed by atoms with E-state index in [0.29, 0.717) is 12.6 Å². The summed E-state index contributed by atoms with van der Waals surface area (Å²) in [5.41, 5.74) is -0.587. The van der Waals surface area contributed by atoms with Gasteiger partial charge in [0.2, 0.25) is 0 Å². The molecule has 1 aliphatic carbocycles. The van der Waals surface area contributed by atoms with Crippen molar-refractivity contribution in [3.05, 3.63) is 0 Å². The lowest BCUT2D eigenvalue weighted by Gasteiger charge is -2.30. The third-order valence-electron chi connectivity index (χ3n) is 3.23. The highest BCUT2D eigenvalue weighted by Crippen LogP contribution is 2.19. The Labute approximate surface area is 86.5 Å². The molecule has 0 amide bonds. The third-order valence-corrected chi connectivity index (χ3v) is 3.23. The molecule has 0 bridgehead atoms. The van der Waals surface area contributed by atoms with Crippen LogP contribution in [0, 0.1) is 0 Å². The van der Waals surface area contributed by atoms with Gasteiger partial charge in [-0.3, -0.25) is 0 Å². The van der Waals surface area contributed by atoms with Gasteiger partial charge in [0.25, 0.3) is 0 Å². The SMILES string of the molecule is CCC(C)(O)CNC1CCC(O)CC1. The Bertz CT molecular complexity index is 163. The molecule has 1 fully saturated rings. The van der Waals surface area contributed by atoms with Crippen LogP contribution in [0.5, 0.6) is 0 Å². The van der Waals surface area contributed by atoms with E-state index >= 15 is 0 Å². The van der Waals surface area contributed by atoms with E-state index in [1.165, 1.54) is 0 Å². The second-order valence-corrected chi connectivity index (χ2v) is 4.74. The van der Waals surface area contributed by atoms with Crippen LogP contribution in [0.1, 0.15) is 46.0 Å². The lowest BCUT2D eigenvalue weighted by atomic mass is 9.92. The van der Waals surface area contributed by atoms with Gasteiger partial charge in [-0.15, -0.1) is 0 Å². The number of rotatable bonds is 4. The molecule has 0 heterocycles. The van der Waals surface area contributed by atoms with Gasteiger partial charge in [0.05, 0.1) is 11.7 Å². The minimum absolute atomic E-state index is 0.0975. The minimum atomic E-state index is -0.587. The van der Waals surface area contributed by atoms with Crippen LogP contribution < -0.4 is 5.32 Å². The number of aliphatic hydroxyl groups excluding tert-OH is 1. The quantitative estimate of drug-likeness (QED) is 0.637. The van der Waals surface area contributed by atoms with Gasteiger partial charge in [-0.1, -0.05) is 6.92 Å². The zero-order chi connectivity index (χ0) is 10.6. The van der Waals surface area contributed by atoms with Gasteiger partial charge < -0.3 is 15.5 Å². The van der Waals surface area contributed by atoms with Crippen LogP contribution in [0.25, 0.3) is 0 Å². The van der Waals surface area contributed by atoms with E-state index in [2.05, 4.69) is 5.32 Å². The molecule has 3 heteroatoms. The summed E-state index contributed by atoms with van der Waals surface area (Å²) < 4.78 is 0. The molecular formula is C11H23NO2. The van der Waals surface area contributed by atoms with Crippen molar-refractivity contribution in [1.29, 1.82) is 0 Å². The van der Waals surface area contributed by atoms with Gasteiger partial charge >= 0.3 is 0 Å². The average Bonchev–Trinajstić information content (AvgIpc) is 2.17. The molecule has 0 aliphatic heterocycles. The van der Waals surface area contributed by atoms with E-state index in [-0.39, 0.29) is 6.10 Å². The molecule has 0 saturated heterocycles. The average molecular weight is 201 g/mol. The molecule has 1 rings (SSSR count). The standard InChI is InChI=1S/C11H23NO2/c1-3-11(2,14)8-12-9-4-6-10(13)7-5-9/h9-10,12-14H,3-8H2,1-2H3. The van der Waals surface area contributed by atoms with Crippen molar-refractivity contribution >= 4 is 0 Å². The molecule has 1 unspecified atom stereocenters. The van der Waals surface area contributed by atoms with Gasteiger partial charge in [0.1, 0.15) is 0 Å². The molecule has 1 atom stereocenters. The lowest BCUT2D eigenvalue weighted by Crippen LogP contribution is -2.43. The van der Waals surface area contributed by atoms with Crippen LogP contribution in [0.4, 0.5) is 0 Å². The lowest BCUT2D eigenvalue weighted by molar-refractivity contribution is 0.0473. The Balaban J connectivity index is 2.19. The highest BCUT2D eigenvalue weighted by molar-refractivity contribution is 4.81. The minimum Gasteiger partial charge on any atom is -0.393 e. The Hall–Kier alpha value is -0.120. The monoisotopic (exact) mass is 201 g/mol. The highest BCUT2D eigenvalue weighted by Gasteiger charge is 2.22. The van der Waals surface area contributed by atoms with Gasteiger partial charge in [-0.25, -0.2) is 0 Å². The molecule has 1 aliphatic rings. The van der Waals surface area contributed by atoms with E-state index in [1.54, 1.807) is 0 Å². The summed E-state index contributed by atoms with van der Waals surface area (Å²) in [5.74, 6) is 0. The maximum absolute atomic E-state index is 9.79. The third kappa shape index (κ3) is 3.95. The molecule has 0 aromatic carbocycles. The molecule has 84 valence electrons. The van der Waals surface area contributed by atoms with Gasteiger partial charge in [-0.2, -0.15) is 0 Å². The number of hydrogen-bond acceptors (Lipinski definition) is 3. The normalized spacial score (nSPS) is 32.6. The van der Waals surface area contributed by atoms with E-state index in [9.17, 15) is 10.2 Å². The molecule has 0 spiro atoms. The molecule has 14 heavy (non-hydrogen) atoms. The molecule has 0 radical (unpaired) electrons. The van der Waals surface area contributed by atoms with E-state index in [0.717, 1.165) is 32.1 Å². The molecule has 1 saturated carbocycles. The first-order valence-corrected chi connectivity index (χ1v) is 5.67. The molecule has 3 nitrogen and oxygen atoms in total. The summed E-state index contributed by atoms with van der Waals surface area (Å²) in [6.45, 7) is 4.51. The van der Waals surface area contributed by atoms with E-state index < -0.39 is 5.60 Å². The van der Waals surface area contributed by atoms with Gasteiger partial charge in [0.15, 0.2) is 0 Å². The fraction of sp³-hybridized carbons (Fsp3) is 1.00. The number of nitrogens with one attached hydrogen (secondary N) is 1. The molecular weight excluding hydrogens is 178 g/mol. The predicted octanol–water partition coefficient (Wildman–Crippen LogP) is 1.04. The van der Waals surface area contributed by atoms with Crippen LogP contribution >= 0.6 is 0 Å². The van der Waals surface area contributed by atoms with Crippen molar-refractivity contribution < 1.29 is 10.2 Å². The summed E-state index contributed by atoms with van der Waals surface area (Å²) in [7, 11) is 0. The Kier molecular flexibility index (Phi) is 4.35. The Morgan fingerprint density at radius 3 is 2.36 bits per heavy atom. The summed E-state index contributed by atoms with van der Waals surface area (Å²) in [6, 6.07) is 0.483. The maximum Gasteiger partial charge on any atom is 0.0741 e. The fourth-order valence-electron chi connectivity index (χ4n) is 1.77. The summed E-state index contributed by atoms with van der Waals surface area (Å²) >= 11 is 0. The van der Waals surface area contributed by atoms with Gasteiger partial charge in [0, 0.05) is 12.6 Å². The zero-order valence-electron chi connectivity index (χ0n) is 9.29. The van der Waals surface area contributed by atoms with Crippen molar-refractivity contribution in [3.63, 3.8) is 0 Å². The second-order valence-electron chi connectivity index (χ2n) is 4.74. The zero-order valence-corrected chi connectivity index (χ0v) is 9.29.